The summed E-state index contributed by atoms with van der Waals surface area (Å²) in [5.41, 5.74) is 13.3. The molecule has 0 saturated carbocycles. The third kappa shape index (κ3) is 2.67. The Hall–Kier alpha value is -2.19. The van der Waals surface area contributed by atoms with Gasteiger partial charge in [0.15, 0.2) is 0 Å². The van der Waals surface area contributed by atoms with Crippen LogP contribution in [0.4, 0.5) is 0 Å². The molecule has 2 aromatic carbocycles. The van der Waals surface area contributed by atoms with E-state index < -0.39 is 0 Å². The highest BCUT2D eigenvalue weighted by atomic mass is 14.7. The zero-order chi connectivity index (χ0) is 15.0. The molecule has 1 aromatic heterocycles. The third-order valence-corrected chi connectivity index (χ3v) is 3.98. The third-order valence-electron chi connectivity index (χ3n) is 3.98. The highest BCUT2D eigenvalue weighted by molar-refractivity contribution is 5.79. The van der Waals surface area contributed by atoms with Crippen molar-refractivity contribution in [2.75, 3.05) is 0 Å². The van der Waals surface area contributed by atoms with Gasteiger partial charge in [-0.05, 0) is 55.7 Å². The second-order valence-electron chi connectivity index (χ2n) is 5.74. The molecule has 0 saturated heterocycles. The van der Waals surface area contributed by atoms with Crippen LogP contribution >= 0.6 is 0 Å². The molecule has 0 spiro atoms. The average molecular weight is 276 g/mol. The van der Waals surface area contributed by atoms with Gasteiger partial charge in [0, 0.05) is 11.1 Å². The number of hydrogen-bond donors (Lipinski definition) is 1. The lowest BCUT2D eigenvalue weighted by Crippen LogP contribution is -2.13. The zero-order valence-electron chi connectivity index (χ0n) is 12.7. The first-order valence-electron chi connectivity index (χ1n) is 7.24. The fourth-order valence-corrected chi connectivity index (χ4v) is 2.71. The number of nitrogens with zero attached hydrogens (tertiary/aromatic N) is 1. The molecule has 2 N–H and O–H groups in total. The summed E-state index contributed by atoms with van der Waals surface area (Å²) in [6.45, 7) is 6.22. The van der Waals surface area contributed by atoms with Gasteiger partial charge in [0.05, 0.1) is 11.6 Å². The number of nitrogens with two attached hydrogens (primary N) is 1. The van der Waals surface area contributed by atoms with Crippen molar-refractivity contribution in [2.45, 2.75) is 26.8 Å². The van der Waals surface area contributed by atoms with Gasteiger partial charge < -0.3 is 5.73 Å². The maximum atomic E-state index is 6.49. The van der Waals surface area contributed by atoms with E-state index in [9.17, 15) is 0 Å². The van der Waals surface area contributed by atoms with Gasteiger partial charge in [-0.1, -0.05) is 35.9 Å². The maximum Gasteiger partial charge on any atom is 0.0705 e. The molecule has 1 unspecified atom stereocenters. The van der Waals surface area contributed by atoms with Gasteiger partial charge in [0.2, 0.25) is 0 Å². The van der Waals surface area contributed by atoms with Crippen LogP contribution < -0.4 is 5.73 Å². The molecule has 0 bridgehead atoms. The summed E-state index contributed by atoms with van der Waals surface area (Å²) >= 11 is 0. The van der Waals surface area contributed by atoms with Gasteiger partial charge in [-0.3, -0.25) is 4.98 Å². The molecule has 1 atom stereocenters. The summed E-state index contributed by atoms with van der Waals surface area (Å²) in [5.74, 6) is 0. The minimum Gasteiger partial charge on any atom is -0.320 e. The van der Waals surface area contributed by atoms with Gasteiger partial charge in [-0.2, -0.15) is 0 Å². The van der Waals surface area contributed by atoms with Crippen LogP contribution in [-0.4, -0.2) is 4.98 Å². The summed E-state index contributed by atoms with van der Waals surface area (Å²) in [7, 11) is 0. The number of rotatable bonds is 2. The number of pyridine rings is 1. The van der Waals surface area contributed by atoms with Gasteiger partial charge in [-0.15, -0.1) is 0 Å². The molecule has 0 aliphatic heterocycles. The van der Waals surface area contributed by atoms with Crippen molar-refractivity contribution in [3.05, 3.63) is 76.5 Å². The summed E-state index contributed by atoms with van der Waals surface area (Å²) < 4.78 is 0. The molecule has 106 valence electrons. The molecule has 0 aliphatic rings. The number of aryl methyl sites for hydroxylation is 3. The van der Waals surface area contributed by atoms with Crippen LogP contribution in [0.15, 0.2) is 48.5 Å². The van der Waals surface area contributed by atoms with Crippen LogP contribution in [0, 0.1) is 20.8 Å². The number of aromatic nitrogens is 1. The topological polar surface area (TPSA) is 38.9 Å². The smallest absolute Gasteiger partial charge is 0.0705 e. The summed E-state index contributed by atoms with van der Waals surface area (Å²) in [6, 6.07) is 16.8. The molecule has 2 heteroatoms. The summed E-state index contributed by atoms with van der Waals surface area (Å²) in [4.78, 5) is 4.54. The predicted octanol–water partition coefficient (Wildman–Crippen LogP) is 4.21. The molecule has 3 rings (SSSR count). The van der Waals surface area contributed by atoms with Crippen LogP contribution in [0.5, 0.6) is 0 Å². The minimum absolute atomic E-state index is 0.101. The van der Waals surface area contributed by atoms with Crippen LogP contribution in [-0.2, 0) is 0 Å². The summed E-state index contributed by atoms with van der Waals surface area (Å²) in [5, 5.41) is 1.14. The van der Waals surface area contributed by atoms with E-state index in [1.807, 2.05) is 13.0 Å². The van der Waals surface area contributed by atoms with Gasteiger partial charge in [-0.25, -0.2) is 0 Å². The van der Waals surface area contributed by atoms with E-state index in [-0.39, 0.29) is 6.04 Å². The Balaban J connectivity index is 2.07. The SMILES string of the molecule is Cc1ccc(C)c(C(N)c2ccc3nc(C)ccc3c2)c1. The number of hydrogen-bond acceptors (Lipinski definition) is 2. The van der Waals surface area contributed by atoms with Crippen molar-refractivity contribution in [1.29, 1.82) is 0 Å². The van der Waals surface area contributed by atoms with E-state index in [2.05, 4.69) is 61.3 Å². The Bertz CT molecular complexity index is 806. The van der Waals surface area contributed by atoms with E-state index in [4.69, 9.17) is 5.73 Å². The minimum atomic E-state index is -0.101. The Kier molecular flexibility index (Phi) is 3.48. The normalized spacial score (nSPS) is 12.6. The maximum absolute atomic E-state index is 6.49. The molecular weight excluding hydrogens is 256 g/mol. The molecule has 1 heterocycles. The monoisotopic (exact) mass is 276 g/mol. The fraction of sp³-hybridized carbons (Fsp3) is 0.211. The number of fused-ring (bicyclic) bond motifs is 1. The average Bonchev–Trinajstić information content (AvgIpc) is 2.48. The van der Waals surface area contributed by atoms with E-state index in [1.165, 1.54) is 16.7 Å². The van der Waals surface area contributed by atoms with Crippen molar-refractivity contribution < 1.29 is 0 Å². The van der Waals surface area contributed by atoms with Crippen molar-refractivity contribution in [3.8, 4) is 0 Å². The molecular formula is C19H20N2. The standard InChI is InChI=1S/C19H20N2/c1-12-4-5-13(2)17(10-12)19(20)16-8-9-18-15(11-16)7-6-14(3)21-18/h4-11,19H,20H2,1-3H3. The Labute approximate surface area is 125 Å². The molecule has 0 amide bonds. The number of benzene rings is 2. The van der Waals surface area contributed by atoms with Crippen molar-refractivity contribution in [3.63, 3.8) is 0 Å². The summed E-state index contributed by atoms with van der Waals surface area (Å²) in [6.07, 6.45) is 0. The molecule has 0 radical (unpaired) electrons. The first-order chi connectivity index (χ1) is 10.0. The molecule has 21 heavy (non-hydrogen) atoms. The largest absolute Gasteiger partial charge is 0.320 e. The first kappa shape index (κ1) is 13.8. The highest BCUT2D eigenvalue weighted by Gasteiger charge is 2.12. The van der Waals surface area contributed by atoms with E-state index >= 15 is 0 Å². The highest BCUT2D eigenvalue weighted by Crippen LogP contribution is 2.26. The molecule has 0 aliphatic carbocycles. The van der Waals surface area contributed by atoms with Crippen LogP contribution in [0.25, 0.3) is 10.9 Å². The van der Waals surface area contributed by atoms with E-state index in [1.54, 1.807) is 0 Å². The lowest BCUT2D eigenvalue weighted by molar-refractivity contribution is 0.861. The Morgan fingerprint density at radius 3 is 2.52 bits per heavy atom. The Morgan fingerprint density at radius 1 is 0.905 bits per heavy atom. The second-order valence-corrected chi connectivity index (χ2v) is 5.74. The molecule has 3 aromatic rings. The quantitative estimate of drug-likeness (QED) is 0.761. The fourth-order valence-electron chi connectivity index (χ4n) is 2.71. The zero-order valence-corrected chi connectivity index (χ0v) is 12.7. The first-order valence-corrected chi connectivity index (χ1v) is 7.24. The van der Waals surface area contributed by atoms with Crippen molar-refractivity contribution in [2.24, 2.45) is 5.73 Å². The van der Waals surface area contributed by atoms with Gasteiger partial charge in [0.25, 0.3) is 0 Å². The lowest BCUT2D eigenvalue weighted by atomic mass is 9.93. The van der Waals surface area contributed by atoms with E-state index in [0.29, 0.717) is 0 Å². The van der Waals surface area contributed by atoms with Crippen molar-refractivity contribution in [1.82, 2.24) is 4.98 Å². The second kappa shape index (κ2) is 5.30. The lowest BCUT2D eigenvalue weighted by Gasteiger charge is -2.16. The van der Waals surface area contributed by atoms with Crippen LogP contribution in [0.3, 0.4) is 0 Å². The molecule has 2 nitrogen and oxygen atoms in total. The molecule has 0 fully saturated rings. The Morgan fingerprint density at radius 2 is 1.71 bits per heavy atom. The van der Waals surface area contributed by atoms with Crippen LogP contribution in [0.1, 0.15) is 34.0 Å². The van der Waals surface area contributed by atoms with Crippen LogP contribution in [0.2, 0.25) is 0 Å². The van der Waals surface area contributed by atoms with E-state index in [0.717, 1.165) is 22.2 Å². The predicted molar refractivity (Wildman–Crippen MR) is 88.4 cm³/mol. The van der Waals surface area contributed by atoms with Gasteiger partial charge >= 0.3 is 0 Å². The van der Waals surface area contributed by atoms with Gasteiger partial charge in [0.1, 0.15) is 0 Å². The van der Waals surface area contributed by atoms with Crippen molar-refractivity contribution >= 4 is 10.9 Å².